The molecule has 0 spiro atoms. The van der Waals surface area contributed by atoms with Crippen LogP contribution in [-0.2, 0) is 0 Å². The molecular formula is C11H23Cl. The second kappa shape index (κ2) is 6.77. The van der Waals surface area contributed by atoms with Gasteiger partial charge in [-0.1, -0.05) is 46.5 Å². The van der Waals surface area contributed by atoms with E-state index in [1.165, 1.54) is 38.5 Å². The van der Waals surface area contributed by atoms with Crippen molar-refractivity contribution >= 4 is 11.6 Å². The van der Waals surface area contributed by atoms with Crippen molar-refractivity contribution in [3.63, 3.8) is 0 Å². The molecule has 1 atom stereocenters. The van der Waals surface area contributed by atoms with Gasteiger partial charge in [-0.15, -0.1) is 11.6 Å². The SMILES string of the molecule is CCCCCCC(C)(CC)CCl. The van der Waals surface area contributed by atoms with Crippen LogP contribution in [0.1, 0.15) is 59.3 Å². The molecule has 12 heavy (non-hydrogen) atoms. The van der Waals surface area contributed by atoms with E-state index in [2.05, 4.69) is 20.8 Å². The first-order valence-electron chi connectivity index (χ1n) is 5.24. The fourth-order valence-electron chi connectivity index (χ4n) is 1.32. The highest BCUT2D eigenvalue weighted by atomic mass is 35.5. The zero-order chi connectivity index (χ0) is 9.45. The van der Waals surface area contributed by atoms with Crippen molar-refractivity contribution in [3.8, 4) is 0 Å². The Morgan fingerprint density at radius 3 is 2.17 bits per heavy atom. The molecule has 0 saturated carbocycles. The number of rotatable bonds is 7. The van der Waals surface area contributed by atoms with Gasteiger partial charge >= 0.3 is 0 Å². The normalized spacial score (nSPS) is 16.0. The van der Waals surface area contributed by atoms with Crippen molar-refractivity contribution in [2.24, 2.45) is 5.41 Å². The van der Waals surface area contributed by atoms with Crippen LogP contribution in [0.5, 0.6) is 0 Å². The average molecular weight is 191 g/mol. The molecule has 1 heteroatoms. The minimum absolute atomic E-state index is 0.398. The molecule has 0 saturated heterocycles. The maximum atomic E-state index is 5.92. The predicted molar refractivity (Wildman–Crippen MR) is 57.9 cm³/mol. The third-order valence-electron chi connectivity index (χ3n) is 2.81. The van der Waals surface area contributed by atoms with E-state index >= 15 is 0 Å². The summed E-state index contributed by atoms with van der Waals surface area (Å²) in [5.41, 5.74) is 0.398. The van der Waals surface area contributed by atoms with Crippen molar-refractivity contribution in [1.82, 2.24) is 0 Å². The largest absolute Gasteiger partial charge is 0.126 e. The van der Waals surface area contributed by atoms with E-state index in [9.17, 15) is 0 Å². The van der Waals surface area contributed by atoms with Crippen LogP contribution in [0.15, 0.2) is 0 Å². The van der Waals surface area contributed by atoms with E-state index in [4.69, 9.17) is 11.6 Å². The van der Waals surface area contributed by atoms with Crippen LogP contribution in [0.3, 0.4) is 0 Å². The fourth-order valence-corrected chi connectivity index (χ4v) is 1.64. The van der Waals surface area contributed by atoms with Crippen LogP contribution in [-0.4, -0.2) is 5.88 Å². The van der Waals surface area contributed by atoms with Crippen molar-refractivity contribution in [2.75, 3.05) is 5.88 Å². The maximum Gasteiger partial charge on any atom is 0.0277 e. The highest BCUT2D eigenvalue weighted by molar-refractivity contribution is 6.18. The van der Waals surface area contributed by atoms with E-state index in [1.807, 2.05) is 0 Å². The molecule has 74 valence electrons. The molecule has 0 amide bonds. The van der Waals surface area contributed by atoms with Gasteiger partial charge in [0.15, 0.2) is 0 Å². The van der Waals surface area contributed by atoms with Crippen LogP contribution >= 0.6 is 11.6 Å². The maximum absolute atomic E-state index is 5.92. The number of hydrogen-bond donors (Lipinski definition) is 0. The zero-order valence-corrected chi connectivity index (χ0v) is 9.58. The molecule has 0 N–H and O–H groups in total. The Hall–Kier alpha value is 0.290. The van der Waals surface area contributed by atoms with E-state index in [0.717, 1.165) is 5.88 Å². The number of hydrogen-bond acceptors (Lipinski definition) is 0. The first-order valence-corrected chi connectivity index (χ1v) is 5.78. The smallest absolute Gasteiger partial charge is 0.0277 e. The summed E-state index contributed by atoms with van der Waals surface area (Å²) in [5.74, 6) is 0.815. The second-order valence-electron chi connectivity index (χ2n) is 4.11. The van der Waals surface area contributed by atoms with Crippen molar-refractivity contribution in [1.29, 1.82) is 0 Å². The van der Waals surface area contributed by atoms with Crippen molar-refractivity contribution in [2.45, 2.75) is 59.3 Å². The highest BCUT2D eigenvalue weighted by Gasteiger charge is 2.19. The number of alkyl halides is 1. The minimum Gasteiger partial charge on any atom is -0.126 e. The molecule has 0 aliphatic rings. The Balaban J connectivity index is 3.45. The van der Waals surface area contributed by atoms with Gasteiger partial charge in [0.2, 0.25) is 0 Å². The summed E-state index contributed by atoms with van der Waals surface area (Å²) >= 11 is 5.92. The summed E-state index contributed by atoms with van der Waals surface area (Å²) in [6.45, 7) is 6.79. The lowest BCUT2D eigenvalue weighted by Gasteiger charge is -2.25. The lowest BCUT2D eigenvalue weighted by atomic mass is 9.84. The molecular weight excluding hydrogens is 168 g/mol. The molecule has 0 bridgehead atoms. The Morgan fingerprint density at radius 2 is 1.75 bits per heavy atom. The lowest BCUT2D eigenvalue weighted by molar-refractivity contribution is 0.313. The monoisotopic (exact) mass is 190 g/mol. The standard InChI is InChI=1S/C11H23Cl/c1-4-6-7-8-9-11(3,5-2)10-12/h4-10H2,1-3H3. The summed E-state index contributed by atoms with van der Waals surface area (Å²) in [6.07, 6.45) is 7.94. The molecule has 0 aliphatic carbocycles. The summed E-state index contributed by atoms with van der Waals surface area (Å²) in [4.78, 5) is 0. The van der Waals surface area contributed by atoms with Gasteiger partial charge in [0, 0.05) is 5.88 Å². The van der Waals surface area contributed by atoms with E-state index in [-0.39, 0.29) is 0 Å². The van der Waals surface area contributed by atoms with E-state index in [0.29, 0.717) is 5.41 Å². The Kier molecular flexibility index (Phi) is 6.93. The molecule has 0 aromatic rings. The van der Waals surface area contributed by atoms with Gasteiger partial charge < -0.3 is 0 Å². The fraction of sp³-hybridized carbons (Fsp3) is 1.00. The van der Waals surface area contributed by atoms with Gasteiger partial charge in [-0.2, -0.15) is 0 Å². The first kappa shape index (κ1) is 12.3. The van der Waals surface area contributed by atoms with Crippen LogP contribution in [0.25, 0.3) is 0 Å². The summed E-state index contributed by atoms with van der Waals surface area (Å²) < 4.78 is 0. The van der Waals surface area contributed by atoms with Gasteiger partial charge in [-0.05, 0) is 18.3 Å². The lowest BCUT2D eigenvalue weighted by Crippen LogP contribution is -2.16. The Morgan fingerprint density at radius 1 is 1.08 bits per heavy atom. The Bertz CT molecular complexity index is 95.2. The topological polar surface area (TPSA) is 0 Å². The van der Waals surface area contributed by atoms with Crippen LogP contribution in [0, 0.1) is 5.41 Å². The van der Waals surface area contributed by atoms with E-state index < -0.39 is 0 Å². The molecule has 0 nitrogen and oxygen atoms in total. The Labute approximate surface area is 82.7 Å². The number of unbranched alkanes of at least 4 members (excludes halogenated alkanes) is 3. The summed E-state index contributed by atoms with van der Waals surface area (Å²) in [6, 6.07) is 0. The molecule has 0 rings (SSSR count). The van der Waals surface area contributed by atoms with Crippen LogP contribution in [0.2, 0.25) is 0 Å². The summed E-state index contributed by atoms with van der Waals surface area (Å²) in [7, 11) is 0. The molecule has 0 aromatic heterocycles. The third-order valence-corrected chi connectivity index (χ3v) is 3.46. The highest BCUT2D eigenvalue weighted by Crippen LogP contribution is 2.29. The van der Waals surface area contributed by atoms with Crippen molar-refractivity contribution in [3.05, 3.63) is 0 Å². The molecule has 1 unspecified atom stereocenters. The summed E-state index contributed by atoms with van der Waals surface area (Å²) in [5, 5.41) is 0. The van der Waals surface area contributed by atoms with Gasteiger partial charge in [0.1, 0.15) is 0 Å². The molecule has 0 radical (unpaired) electrons. The third kappa shape index (κ3) is 5.03. The molecule has 0 heterocycles. The van der Waals surface area contributed by atoms with Gasteiger partial charge in [0.05, 0.1) is 0 Å². The molecule has 0 aromatic carbocycles. The second-order valence-corrected chi connectivity index (χ2v) is 4.38. The minimum atomic E-state index is 0.398. The predicted octanol–water partition coefficient (Wildman–Crippen LogP) is 4.61. The van der Waals surface area contributed by atoms with Gasteiger partial charge in [0.25, 0.3) is 0 Å². The van der Waals surface area contributed by atoms with E-state index in [1.54, 1.807) is 0 Å². The first-order chi connectivity index (χ1) is 5.68. The van der Waals surface area contributed by atoms with Crippen LogP contribution < -0.4 is 0 Å². The van der Waals surface area contributed by atoms with Crippen LogP contribution in [0.4, 0.5) is 0 Å². The number of halogens is 1. The molecule has 0 aliphatic heterocycles. The molecule has 0 fully saturated rings. The quantitative estimate of drug-likeness (QED) is 0.406. The van der Waals surface area contributed by atoms with Crippen molar-refractivity contribution < 1.29 is 0 Å². The zero-order valence-electron chi connectivity index (χ0n) is 8.83. The van der Waals surface area contributed by atoms with Gasteiger partial charge in [-0.25, -0.2) is 0 Å². The van der Waals surface area contributed by atoms with Gasteiger partial charge in [-0.3, -0.25) is 0 Å². The average Bonchev–Trinajstić information content (AvgIpc) is 2.12.